The number of hydrogen-bond acceptors (Lipinski definition) is 4. The Labute approximate surface area is 115 Å². The van der Waals surface area contributed by atoms with Gasteiger partial charge in [0.15, 0.2) is 0 Å². The zero-order chi connectivity index (χ0) is 13.6. The summed E-state index contributed by atoms with van der Waals surface area (Å²) in [7, 11) is 0. The lowest BCUT2D eigenvalue weighted by Gasteiger charge is -2.33. The van der Waals surface area contributed by atoms with Crippen LogP contribution in [0.2, 0.25) is 5.02 Å². The summed E-state index contributed by atoms with van der Waals surface area (Å²) in [5, 5.41) is 3.04. The highest BCUT2D eigenvalue weighted by Gasteiger charge is 2.30. The molecule has 0 bridgehead atoms. The van der Waals surface area contributed by atoms with Gasteiger partial charge in [-0.1, -0.05) is 11.6 Å². The van der Waals surface area contributed by atoms with Crippen LogP contribution in [0.1, 0.15) is 17.3 Å². The van der Waals surface area contributed by atoms with E-state index in [1.54, 1.807) is 12.1 Å². The van der Waals surface area contributed by atoms with Crippen molar-refractivity contribution in [3.63, 3.8) is 0 Å². The fourth-order valence-corrected chi connectivity index (χ4v) is 2.72. The summed E-state index contributed by atoms with van der Waals surface area (Å²) in [4.78, 5) is 25.0. The van der Waals surface area contributed by atoms with Gasteiger partial charge in [-0.15, -0.1) is 0 Å². The molecular formula is C13H13ClN2O3. The number of carbonyl (C=O) groups is 2. The van der Waals surface area contributed by atoms with Crippen molar-refractivity contribution < 1.29 is 14.3 Å². The van der Waals surface area contributed by atoms with Gasteiger partial charge < -0.3 is 15.0 Å². The molecule has 2 heterocycles. The van der Waals surface area contributed by atoms with E-state index >= 15 is 0 Å². The third-order valence-electron chi connectivity index (χ3n) is 3.37. The highest BCUT2D eigenvalue weighted by molar-refractivity contribution is 6.52. The highest BCUT2D eigenvalue weighted by Crippen LogP contribution is 2.35. The lowest BCUT2D eigenvalue weighted by atomic mass is 10.1. The van der Waals surface area contributed by atoms with Gasteiger partial charge in [0.05, 0.1) is 34.7 Å². The molecule has 1 aromatic rings. The normalized spacial score (nSPS) is 22.4. The van der Waals surface area contributed by atoms with Crippen molar-refractivity contribution in [1.82, 2.24) is 0 Å². The number of Topliss-reactive ketones (excluding diaryl/α,β-unsaturated/α-hetero) is 1. The van der Waals surface area contributed by atoms with E-state index in [1.807, 2.05) is 6.92 Å². The highest BCUT2D eigenvalue weighted by atomic mass is 35.5. The van der Waals surface area contributed by atoms with Gasteiger partial charge in [-0.25, -0.2) is 0 Å². The summed E-state index contributed by atoms with van der Waals surface area (Å²) in [5.41, 5.74) is 1.71. The standard InChI is InChI=1S/C13H13ClN2O3/c1-7-6-16(2-3-19-7)11-5-10-8(4-9(11)14)12(17)13(18)15-10/h4-5,7H,2-3,6H2,1H3,(H,15,17,18). The van der Waals surface area contributed by atoms with Gasteiger partial charge in [0.2, 0.25) is 0 Å². The molecule has 0 spiro atoms. The summed E-state index contributed by atoms with van der Waals surface area (Å²) < 4.78 is 5.49. The van der Waals surface area contributed by atoms with Crippen molar-refractivity contribution in [2.24, 2.45) is 0 Å². The van der Waals surface area contributed by atoms with Gasteiger partial charge in [-0.2, -0.15) is 0 Å². The summed E-state index contributed by atoms with van der Waals surface area (Å²) in [6, 6.07) is 3.32. The second-order valence-corrected chi connectivity index (χ2v) is 5.17. The Kier molecular flexibility index (Phi) is 2.95. The van der Waals surface area contributed by atoms with Crippen LogP contribution in [0, 0.1) is 0 Å². The van der Waals surface area contributed by atoms with Crippen LogP contribution in [-0.2, 0) is 9.53 Å². The summed E-state index contributed by atoms with van der Waals surface area (Å²) in [5.74, 6) is -1.13. The molecule has 1 unspecified atom stereocenters. The number of carbonyl (C=O) groups excluding carboxylic acids is 2. The van der Waals surface area contributed by atoms with Crippen LogP contribution in [0.4, 0.5) is 11.4 Å². The average Bonchev–Trinajstić information content (AvgIpc) is 2.65. The molecule has 0 aliphatic carbocycles. The van der Waals surface area contributed by atoms with E-state index in [-0.39, 0.29) is 6.10 Å². The first-order chi connectivity index (χ1) is 9.06. The largest absolute Gasteiger partial charge is 0.375 e. The van der Waals surface area contributed by atoms with E-state index in [4.69, 9.17) is 16.3 Å². The quantitative estimate of drug-likeness (QED) is 0.796. The number of benzene rings is 1. The van der Waals surface area contributed by atoms with Gasteiger partial charge in [0, 0.05) is 13.1 Å². The monoisotopic (exact) mass is 280 g/mol. The molecule has 0 radical (unpaired) electrons. The molecule has 6 heteroatoms. The van der Waals surface area contributed by atoms with Crippen LogP contribution in [0.5, 0.6) is 0 Å². The number of anilines is 2. The predicted octanol–water partition coefficient (Wildman–Crippen LogP) is 1.70. The fourth-order valence-electron chi connectivity index (χ4n) is 2.43. The third-order valence-corrected chi connectivity index (χ3v) is 3.67. The number of rotatable bonds is 1. The number of amides is 1. The Hall–Kier alpha value is -1.59. The maximum absolute atomic E-state index is 11.6. The molecule has 5 nitrogen and oxygen atoms in total. The Morgan fingerprint density at radius 2 is 2.21 bits per heavy atom. The molecule has 1 amide bonds. The van der Waals surface area contributed by atoms with Crippen molar-refractivity contribution in [2.45, 2.75) is 13.0 Å². The molecule has 1 aromatic carbocycles. The average molecular weight is 281 g/mol. The van der Waals surface area contributed by atoms with Crippen molar-refractivity contribution in [3.05, 3.63) is 22.7 Å². The topological polar surface area (TPSA) is 58.6 Å². The maximum Gasteiger partial charge on any atom is 0.296 e. The number of fused-ring (bicyclic) bond motifs is 1. The van der Waals surface area contributed by atoms with Gasteiger partial charge in [0.1, 0.15) is 0 Å². The van der Waals surface area contributed by atoms with Crippen LogP contribution < -0.4 is 10.2 Å². The molecule has 1 atom stereocenters. The molecule has 100 valence electrons. The minimum Gasteiger partial charge on any atom is -0.375 e. The zero-order valence-corrected chi connectivity index (χ0v) is 11.2. The Bertz CT molecular complexity index is 573. The first-order valence-electron chi connectivity index (χ1n) is 6.12. The maximum atomic E-state index is 11.6. The second-order valence-electron chi connectivity index (χ2n) is 4.76. The summed E-state index contributed by atoms with van der Waals surface area (Å²) >= 11 is 6.23. The summed E-state index contributed by atoms with van der Waals surface area (Å²) in [6.45, 7) is 4.11. The van der Waals surface area contributed by atoms with E-state index in [0.717, 1.165) is 18.8 Å². The van der Waals surface area contributed by atoms with E-state index in [2.05, 4.69) is 10.2 Å². The predicted molar refractivity (Wildman–Crippen MR) is 72.0 cm³/mol. The number of ketones is 1. The first kappa shape index (κ1) is 12.4. The van der Waals surface area contributed by atoms with Crippen molar-refractivity contribution in [2.75, 3.05) is 29.9 Å². The van der Waals surface area contributed by atoms with Crippen LogP contribution in [0.15, 0.2) is 12.1 Å². The summed E-state index contributed by atoms with van der Waals surface area (Å²) in [6.07, 6.45) is 0.134. The zero-order valence-electron chi connectivity index (χ0n) is 10.4. The lowest BCUT2D eigenvalue weighted by molar-refractivity contribution is -0.112. The van der Waals surface area contributed by atoms with Gasteiger partial charge in [0.25, 0.3) is 11.7 Å². The molecule has 1 N–H and O–H groups in total. The molecular weight excluding hydrogens is 268 g/mol. The molecule has 1 saturated heterocycles. The van der Waals surface area contributed by atoms with Crippen molar-refractivity contribution >= 4 is 34.7 Å². The second kappa shape index (κ2) is 4.51. The number of ether oxygens (including phenoxy) is 1. The number of morpholine rings is 1. The minimum atomic E-state index is -0.599. The third kappa shape index (κ3) is 2.09. The number of halogens is 1. The fraction of sp³-hybridized carbons (Fsp3) is 0.385. The van der Waals surface area contributed by atoms with E-state index < -0.39 is 11.7 Å². The number of hydrogen-bond donors (Lipinski definition) is 1. The molecule has 3 rings (SSSR count). The molecule has 2 aliphatic heterocycles. The van der Waals surface area contributed by atoms with Gasteiger partial charge in [-0.05, 0) is 19.1 Å². The Morgan fingerprint density at radius 3 is 2.95 bits per heavy atom. The molecule has 1 fully saturated rings. The Morgan fingerprint density at radius 1 is 1.42 bits per heavy atom. The van der Waals surface area contributed by atoms with E-state index in [0.29, 0.717) is 22.9 Å². The van der Waals surface area contributed by atoms with Crippen molar-refractivity contribution in [3.8, 4) is 0 Å². The molecule has 0 saturated carbocycles. The smallest absolute Gasteiger partial charge is 0.296 e. The lowest BCUT2D eigenvalue weighted by Crippen LogP contribution is -2.41. The first-order valence-corrected chi connectivity index (χ1v) is 6.50. The van der Waals surface area contributed by atoms with E-state index in [9.17, 15) is 9.59 Å². The molecule has 19 heavy (non-hydrogen) atoms. The van der Waals surface area contributed by atoms with Crippen LogP contribution in [0.25, 0.3) is 0 Å². The van der Waals surface area contributed by atoms with Crippen LogP contribution in [-0.4, -0.2) is 37.5 Å². The van der Waals surface area contributed by atoms with Gasteiger partial charge in [-0.3, -0.25) is 9.59 Å². The van der Waals surface area contributed by atoms with Gasteiger partial charge >= 0.3 is 0 Å². The SMILES string of the molecule is CC1CN(c2cc3c(cc2Cl)C(=O)C(=O)N3)CCO1. The van der Waals surface area contributed by atoms with Crippen LogP contribution in [0.3, 0.4) is 0 Å². The van der Waals surface area contributed by atoms with Crippen LogP contribution >= 0.6 is 11.6 Å². The molecule has 0 aromatic heterocycles. The molecule has 2 aliphatic rings. The minimum absolute atomic E-state index is 0.134. The van der Waals surface area contributed by atoms with E-state index in [1.165, 1.54) is 0 Å². The number of nitrogens with one attached hydrogen (secondary N) is 1. The number of nitrogens with zero attached hydrogens (tertiary/aromatic N) is 1. The van der Waals surface area contributed by atoms with Crippen molar-refractivity contribution in [1.29, 1.82) is 0 Å². The Balaban J connectivity index is 1.98.